The van der Waals surface area contributed by atoms with Gasteiger partial charge in [0.25, 0.3) is 0 Å². The molecule has 0 aromatic heterocycles. The second-order valence-corrected chi connectivity index (χ2v) is 9.27. The molecule has 1 heterocycles. The first kappa shape index (κ1) is 27.1. The SMILES string of the molecule is CCOC(=O)C1=C(C)N=C2C[C@H](c3ccc(OC)cc3)[C@@H](C(=O)OCC)C(=O)C2[C@@H]1c1ccc(OC)cc1. The van der Waals surface area contributed by atoms with Crippen LogP contribution >= 0.6 is 0 Å². The Labute approximate surface area is 222 Å². The van der Waals surface area contributed by atoms with E-state index in [9.17, 15) is 14.4 Å². The molecule has 1 aliphatic heterocycles. The first-order valence-corrected chi connectivity index (χ1v) is 12.8. The number of esters is 2. The number of benzene rings is 2. The van der Waals surface area contributed by atoms with Crippen molar-refractivity contribution in [2.45, 2.75) is 39.0 Å². The fourth-order valence-electron chi connectivity index (χ4n) is 5.49. The van der Waals surface area contributed by atoms with E-state index in [1.54, 1.807) is 59.3 Å². The van der Waals surface area contributed by atoms with Gasteiger partial charge in [-0.05, 0) is 62.6 Å². The topological polar surface area (TPSA) is 100 Å². The zero-order chi connectivity index (χ0) is 27.4. The number of Topliss-reactive ketones (excluding diaryl/α,β-unsaturated/α-hetero) is 1. The van der Waals surface area contributed by atoms with E-state index in [-0.39, 0.29) is 19.0 Å². The van der Waals surface area contributed by atoms with Gasteiger partial charge >= 0.3 is 11.9 Å². The van der Waals surface area contributed by atoms with Crippen LogP contribution < -0.4 is 9.47 Å². The summed E-state index contributed by atoms with van der Waals surface area (Å²) in [6, 6.07) is 14.6. The summed E-state index contributed by atoms with van der Waals surface area (Å²) in [4.78, 5) is 45.5. The number of fused-ring (bicyclic) bond motifs is 1. The van der Waals surface area contributed by atoms with E-state index < -0.39 is 35.6 Å². The molecule has 2 aromatic carbocycles. The van der Waals surface area contributed by atoms with Crippen molar-refractivity contribution in [3.05, 3.63) is 70.9 Å². The molecule has 1 saturated carbocycles. The normalized spacial score (nSPS) is 22.8. The Bertz CT molecular complexity index is 1260. The number of nitrogens with zero attached hydrogens (tertiary/aromatic N) is 1. The van der Waals surface area contributed by atoms with Gasteiger partial charge in [-0.3, -0.25) is 14.6 Å². The van der Waals surface area contributed by atoms with Crippen LogP contribution in [0, 0.1) is 11.8 Å². The predicted molar refractivity (Wildman–Crippen MR) is 141 cm³/mol. The van der Waals surface area contributed by atoms with E-state index in [1.807, 2.05) is 24.3 Å². The molecule has 0 bridgehead atoms. The van der Waals surface area contributed by atoms with Crippen molar-refractivity contribution in [2.24, 2.45) is 16.8 Å². The third-order valence-corrected chi connectivity index (χ3v) is 7.20. The zero-order valence-electron chi connectivity index (χ0n) is 22.4. The zero-order valence-corrected chi connectivity index (χ0v) is 22.4. The largest absolute Gasteiger partial charge is 0.497 e. The maximum Gasteiger partial charge on any atom is 0.336 e. The lowest BCUT2D eigenvalue weighted by molar-refractivity contribution is -0.153. The molecule has 1 unspecified atom stereocenters. The minimum absolute atomic E-state index is 0.151. The Kier molecular flexibility index (Phi) is 8.29. The third kappa shape index (κ3) is 5.08. The number of ether oxygens (including phenoxy) is 4. The van der Waals surface area contributed by atoms with Crippen LogP contribution in [0.2, 0.25) is 0 Å². The lowest BCUT2D eigenvalue weighted by Gasteiger charge is -2.41. The van der Waals surface area contributed by atoms with Gasteiger partial charge in [0.05, 0.1) is 38.9 Å². The molecule has 4 rings (SSSR count). The summed E-state index contributed by atoms with van der Waals surface area (Å²) in [5, 5.41) is 0. The molecule has 1 aliphatic carbocycles. The monoisotopic (exact) mass is 519 g/mol. The number of allylic oxidation sites excluding steroid dienone is 1. The fourth-order valence-corrected chi connectivity index (χ4v) is 5.49. The molecule has 38 heavy (non-hydrogen) atoms. The Hall–Kier alpha value is -3.94. The van der Waals surface area contributed by atoms with E-state index in [2.05, 4.69) is 0 Å². The molecule has 8 nitrogen and oxygen atoms in total. The van der Waals surface area contributed by atoms with Crippen molar-refractivity contribution in [3.8, 4) is 11.5 Å². The Balaban J connectivity index is 1.86. The predicted octanol–water partition coefficient (Wildman–Crippen LogP) is 4.63. The summed E-state index contributed by atoms with van der Waals surface area (Å²) < 4.78 is 21.4. The molecular formula is C30H33NO7. The standard InChI is InChI=1S/C30H33NO7/c1-6-37-29(33)24-17(3)31-23-16-22(18-8-12-20(35-4)13-9-18)26(30(34)38-7-2)28(32)27(23)25(24)19-10-14-21(36-5)15-11-19/h8-15,22,25-27H,6-7,16H2,1-5H3/t22-,25-,26-,27?/m1/s1. The Morgan fingerprint density at radius 3 is 1.92 bits per heavy atom. The molecular weight excluding hydrogens is 486 g/mol. The van der Waals surface area contributed by atoms with Crippen LogP contribution in [0.15, 0.2) is 64.8 Å². The maximum absolute atomic E-state index is 14.3. The van der Waals surface area contributed by atoms with Gasteiger partial charge in [0, 0.05) is 23.2 Å². The molecule has 0 saturated heterocycles. The van der Waals surface area contributed by atoms with Crippen molar-refractivity contribution < 1.29 is 33.3 Å². The van der Waals surface area contributed by atoms with Gasteiger partial charge in [-0.15, -0.1) is 0 Å². The molecule has 8 heteroatoms. The van der Waals surface area contributed by atoms with Crippen LogP contribution in [-0.2, 0) is 23.9 Å². The number of carbonyl (C=O) groups excluding carboxylic acids is 3. The molecule has 2 aromatic rings. The number of hydrogen-bond donors (Lipinski definition) is 0. The number of aliphatic imine (C=N–C) groups is 1. The molecule has 0 radical (unpaired) electrons. The van der Waals surface area contributed by atoms with Crippen LogP contribution in [0.1, 0.15) is 50.2 Å². The second-order valence-electron chi connectivity index (χ2n) is 9.27. The average Bonchev–Trinajstić information content (AvgIpc) is 2.92. The van der Waals surface area contributed by atoms with Gasteiger partial charge in [-0.1, -0.05) is 24.3 Å². The highest BCUT2D eigenvalue weighted by atomic mass is 16.5. The van der Waals surface area contributed by atoms with Crippen molar-refractivity contribution >= 4 is 23.4 Å². The van der Waals surface area contributed by atoms with E-state index in [1.165, 1.54) is 0 Å². The smallest absolute Gasteiger partial charge is 0.336 e. The maximum atomic E-state index is 14.3. The van der Waals surface area contributed by atoms with Gasteiger partial charge in [-0.2, -0.15) is 0 Å². The Morgan fingerprint density at radius 1 is 0.842 bits per heavy atom. The average molecular weight is 520 g/mol. The van der Waals surface area contributed by atoms with Crippen LogP contribution in [0.3, 0.4) is 0 Å². The summed E-state index contributed by atoms with van der Waals surface area (Å²) in [5.74, 6) is -3.06. The molecule has 0 spiro atoms. The molecule has 1 fully saturated rings. The van der Waals surface area contributed by atoms with E-state index in [0.717, 1.165) is 11.1 Å². The minimum Gasteiger partial charge on any atom is -0.497 e. The first-order valence-electron chi connectivity index (χ1n) is 12.8. The highest BCUT2D eigenvalue weighted by Crippen LogP contribution is 2.48. The highest BCUT2D eigenvalue weighted by Gasteiger charge is 2.53. The summed E-state index contributed by atoms with van der Waals surface area (Å²) >= 11 is 0. The van der Waals surface area contributed by atoms with Gasteiger partial charge < -0.3 is 18.9 Å². The number of ketones is 1. The van der Waals surface area contributed by atoms with Crippen LogP contribution in [0.4, 0.5) is 0 Å². The van der Waals surface area contributed by atoms with Crippen molar-refractivity contribution in [1.29, 1.82) is 0 Å². The lowest BCUT2D eigenvalue weighted by atomic mass is 9.62. The summed E-state index contributed by atoms with van der Waals surface area (Å²) in [5.41, 5.74) is 3.03. The van der Waals surface area contributed by atoms with Gasteiger partial charge in [-0.25, -0.2) is 4.79 Å². The van der Waals surface area contributed by atoms with Crippen LogP contribution in [-0.4, -0.2) is 50.9 Å². The van der Waals surface area contributed by atoms with E-state index in [4.69, 9.17) is 23.9 Å². The van der Waals surface area contributed by atoms with Crippen molar-refractivity contribution in [1.82, 2.24) is 0 Å². The van der Waals surface area contributed by atoms with Crippen molar-refractivity contribution in [2.75, 3.05) is 27.4 Å². The minimum atomic E-state index is -1.05. The Morgan fingerprint density at radius 2 is 1.39 bits per heavy atom. The van der Waals surface area contributed by atoms with E-state index >= 15 is 0 Å². The molecule has 4 atom stereocenters. The molecule has 0 N–H and O–H groups in total. The lowest BCUT2D eigenvalue weighted by Crippen LogP contribution is -2.48. The van der Waals surface area contributed by atoms with Gasteiger partial charge in [0.15, 0.2) is 5.78 Å². The van der Waals surface area contributed by atoms with Gasteiger partial charge in [0.1, 0.15) is 17.4 Å². The molecule has 2 aliphatic rings. The number of hydrogen-bond acceptors (Lipinski definition) is 8. The molecule has 200 valence electrons. The molecule has 0 amide bonds. The summed E-state index contributed by atoms with van der Waals surface area (Å²) in [6.07, 6.45) is 0.367. The number of rotatable bonds is 8. The third-order valence-electron chi connectivity index (χ3n) is 7.20. The van der Waals surface area contributed by atoms with Crippen LogP contribution in [0.25, 0.3) is 0 Å². The van der Waals surface area contributed by atoms with E-state index in [0.29, 0.717) is 34.9 Å². The van der Waals surface area contributed by atoms with Gasteiger partial charge in [0.2, 0.25) is 0 Å². The van der Waals surface area contributed by atoms with Crippen LogP contribution in [0.5, 0.6) is 11.5 Å². The first-order chi connectivity index (χ1) is 18.3. The second kappa shape index (κ2) is 11.6. The summed E-state index contributed by atoms with van der Waals surface area (Å²) in [7, 11) is 3.15. The number of methoxy groups -OCH3 is 2. The van der Waals surface area contributed by atoms with Crippen molar-refractivity contribution in [3.63, 3.8) is 0 Å². The fraction of sp³-hybridized carbons (Fsp3) is 0.400. The quantitative estimate of drug-likeness (QED) is 0.370. The summed E-state index contributed by atoms with van der Waals surface area (Å²) in [6.45, 7) is 5.54. The highest BCUT2D eigenvalue weighted by molar-refractivity contribution is 6.17. The number of carbonyl (C=O) groups is 3.